The van der Waals surface area contributed by atoms with Crippen LogP contribution in [0.4, 0.5) is 0 Å². The lowest BCUT2D eigenvalue weighted by molar-refractivity contribution is -0.140. The van der Waals surface area contributed by atoms with Crippen LogP contribution in [-0.2, 0) is 16.0 Å². The van der Waals surface area contributed by atoms with Gasteiger partial charge in [0.05, 0.1) is 4.91 Å². The van der Waals surface area contributed by atoms with Gasteiger partial charge in [0.2, 0.25) is 0 Å². The number of carbonyl (C=O) groups excluding carboxylic acids is 1. The monoisotopic (exact) mass is 400 g/mol. The van der Waals surface area contributed by atoms with Crippen molar-refractivity contribution in [1.82, 2.24) is 9.47 Å². The average molecular weight is 401 g/mol. The fourth-order valence-corrected chi connectivity index (χ4v) is 4.49. The summed E-state index contributed by atoms with van der Waals surface area (Å²) in [5.74, 6) is -1.44. The predicted molar refractivity (Wildman–Crippen MR) is 112 cm³/mol. The smallest absolute Gasteiger partial charge is 0.323 e. The second-order valence-electron chi connectivity index (χ2n) is 6.31. The standard InChI is InChI=1S/C20H20N2O3S2/c1-4-14-7-5-6-8-16(14)22-12(2)9-15(13(22)3)10-17-19(25)21(11-18(23)24)20(26)27-17/h5-10H,4,11H2,1-3H3,(H,23,24)/b17-10+. The topological polar surface area (TPSA) is 62.5 Å². The quantitative estimate of drug-likeness (QED) is 0.608. The molecule has 0 aliphatic carbocycles. The third-order valence-electron chi connectivity index (χ3n) is 4.54. The van der Waals surface area contributed by atoms with Gasteiger partial charge in [-0.2, -0.15) is 0 Å². The number of amides is 1. The van der Waals surface area contributed by atoms with Crippen LogP contribution in [0.25, 0.3) is 11.8 Å². The Bertz CT molecular complexity index is 976. The number of thiocarbonyl (C=S) groups is 1. The van der Waals surface area contributed by atoms with E-state index in [0.717, 1.165) is 45.7 Å². The van der Waals surface area contributed by atoms with Gasteiger partial charge in [0.25, 0.3) is 5.91 Å². The van der Waals surface area contributed by atoms with E-state index in [-0.39, 0.29) is 10.2 Å². The molecule has 1 N–H and O–H groups in total. The molecule has 0 unspecified atom stereocenters. The minimum Gasteiger partial charge on any atom is -0.480 e. The molecule has 0 spiro atoms. The summed E-state index contributed by atoms with van der Waals surface area (Å²) in [5, 5.41) is 8.96. The molecule has 3 rings (SSSR count). The van der Waals surface area contributed by atoms with Gasteiger partial charge < -0.3 is 9.67 Å². The van der Waals surface area contributed by atoms with Crippen LogP contribution in [0.15, 0.2) is 35.2 Å². The molecule has 0 atom stereocenters. The number of para-hydroxylation sites is 1. The molecule has 1 saturated heterocycles. The second-order valence-corrected chi connectivity index (χ2v) is 7.98. The fourth-order valence-electron chi connectivity index (χ4n) is 3.25. The molecule has 0 bridgehead atoms. The number of carbonyl (C=O) groups is 2. The lowest BCUT2D eigenvalue weighted by Gasteiger charge is -2.14. The second kappa shape index (κ2) is 7.70. The molecule has 2 aromatic rings. The number of carboxylic acids is 1. The Morgan fingerprint density at radius 1 is 1.30 bits per heavy atom. The zero-order valence-electron chi connectivity index (χ0n) is 15.4. The van der Waals surface area contributed by atoms with Gasteiger partial charge in [0.15, 0.2) is 0 Å². The number of thioether (sulfide) groups is 1. The van der Waals surface area contributed by atoms with Gasteiger partial charge in [-0.25, -0.2) is 0 Å². The number of carboxylic acid groups (broad SMARTS) is 1. The first kappa shape index (κ1) is 19.4. The van der Waals surface area contributed by atoms with Gasteiger partial charge in [-0.15, -0.1) is 0 Å². The summed E-state index contributed by atoms with van der Waals surface area (Å²) in [5.41, 5.74) is 5.40. The third kappa shape index (κ3) is 3.70. The highest BCUT2D eigenvalue weighted by atomic mass is 32.2. The lowest BCUT2D eigenvalue weighted by Crippen LogP contribution is -2.33. The molecule has 27 heavy (non-hydrogen) atoms. The highest BCUT2D eigenvalue weighted by molar-refractivity contribution is 8.26. The van der Waals surface area contributed by atoms with Gasteiger partial charge in [-0.05, 0) is 49.6 Å². The Labute approximate surface area is 167 Å². The molecule has 1 amide bonds. The summed E-state index contributed by atoms with van der Waals surface area (Å²) in [6, 6.07) is 10.3. The van der Waals surface area contributed by atoms with Gasteiger partial charge in [-0.1, -0.05) is 49.1 Å². The number of hydrogen-bond acceptors (Lipinski definition) is 4. The molecule has 1 aromatic heterocycles. The van der Waals surface area contributed by atoms with Crippen molar-refractivity contribution in [1.29, 1.82) is 0 Å². The molecule has 2 heterocycles. The molecule has 1 aliphatic rings. The first-order valence-electron chi connectivity index (χ1n) is 8.57. The highest BCUT2D eigenvalue weighted by Crippen LogP contribution is 2.34. The first-order valence-corrected chi connectivity index (χ1v) is 9.80. The average Bonchev–Trinajstić information content (AvgIpc) is 3.05. The number of benzene rings is 1. The van der Waals surface area contributed by atoms with Crippen molar-refractivity contribution in [3.63, 3.8) is 0 Å². The Balaban J connectivity index is 2.01. The van der Waals surface area contributed by atoms with Crippen LogP contribution in [0.1, 0.15) is 29.4 Å². The maximum Gasteiger partial charge on any atom is 0.323 e. The number of nitrogens with zero attached hydrogens (tertiary/aromatic N) is 2. The van der Waals surface area contributed by atoms with E-state index in [0.29, 0.717) is 4.91 Å². The van der Waals surface area contributed by atoms with Gasteiger partial charge >= 0.3 is 5.97 Å². The van der Waals surface area contributed by atoms with Crippen LogP contribution in [0.2, 0.25) is 0 Å². The van der Waals surface area contributed by atoms with Crippen LogP contribution in [0.3, 0.4) is 0 Å². The molecule has 1 aliphatic heterocycles. The maximum absolute atomic E-state index is 12.5. The molecule has 5 nitrogen and oxygen atoms in total. The van der Waals surface area contributed by atoms with E-state index in [1.165, 1.54) is 5.56 Å². The third-order valence-corrected chi connectivity index (χ3v) is 5.92. The van der Waals surface area contributed by atoms with Crippen LogP contribution < -0.4 is 0 Å². The van der Waals surface area contributed by atoms with Gasteiger partial charge in [0.1, 0.15) is 10.9 Å². The van der Waals surface area contributed by atoms with E-state index in [9.17, 15) is 9.59 Å². The Hall–Kier alpha value is -2.38. The molecular formula is C20H20N2O3S2. The zero-order chi connectivity index (χ0) is 19.7. The molecule has 0 radical (unpaired) electrons. The van der Waals surface area contributed by atoms with E-state index >= 15 is 0 Å². The SMILES string of the molecule is CCc1ccccc1-n1c(C)cc(/C=C2/SC(=S)N(CC(=O)O)C2=O)c1C. The number of aryl methyl sites for hydroxylation is 2. The Morgan fingerprint density at radius 3 is 2.67 bits per heavy atom. The van der Waals surface area contributed by atoms with Gasteiger partial charge in [-0.3, -0.25) is 14.5 Å². The minimum absolute atomic E-state index is 0.277. The molecule has 140 valence electrons. The van der Waals surface area contributed by atoms with E-state index in [1.807, 2.05) is 32.0 Å². The van der Waals surface area contributed by atoms with Crippen LogP contribution in [-0.4, -0.2) is 37.3 Å². The maximum atomic E-state index is 12.5. The van der Waals surface area contributed by atoms with Crippen molar-refractivity contribution in [3.05, 3.63) is 57.8 Å². The summed E-state index contributed by atoms with van der Waals surface area (Å²) < 4.78 is 2.46. The first-order chi connectivity index (χ1) is 12.8. The molecular weight excluding hydrogens is 380 g/mol. The van der Waals surface area contributed by atoms with E-state index < -0.39 is 12.5 Å². The number of rotatable bonds is 5. The Kier molecular flexibility index (Phi) is 5.53. The van der Waals surface area contributed by atoms with Crippen molar-refractivity contribution in [2.75, 3.05) is 6.54 Å². The van der Waals surface area contributed by atoms with Crippen molar-refractivity contribution in [2.45, 2.75) is 27.2 Å². The zero-order valence-corrected chi connectivity index (χ0v) is 17.0. The number of aliphatic carboxylic acids is 1. The summed E-state index contributed by atoms with van der Waals surface area (Å²) in [7, 11) is 0. The van der Waals surface area contributed by atoms with E-state index in [1.54, 1.807) is 6.08 Å². The molecule has 1 aromatic carbocycles. The van der Waals surface area contributed by atoms with Crippen molar-refractivity contribution < 1.29 is 14.7 Å². The largest absolute Gasteiger partial charge is 0.480 e. The fraction of sp³-hybridized carbons (Fsp3) is 0.250. The molecule has 1 fully saturated rings. The summed E-state index contributed by atoms with van der Waals surface area (Å²) in [6.45, 7) is 5.77. The normalized spacial score (nSPS) is 15.8. The van der Waals surface area contributed by atoms with Crippen LogP contribution in [0.5, 0.6) is 0 Å². The predicted octanol–water partition coefficient (Wildman–Crippen LogP) is 3.94. The van der Waals surface area contributed by atoms with Crippen LogP contribution >= 0.6 is 24.0 Å². The van der Waals surface area contributed by atoms with Crippen molar-refractivity contribution in [2.24, 2.45) is 0 Å². The van der Waals surface area contributed by atoms with E-state index in [2.05, 4.69) is 23.6 Å². The minimum atomic E-state index is -1.08. The number of aromatic nitrogens is 1. The van der Waals surface area contributed by atoms with E-state index in [4.69, 9.17) is 17.3 Å². The van der Waals surface area contributed by atoms with Crippen LogP contribution in [0, 0.1) is 13.8 Å². The molecule has 0 saturated carbocycles. The summed E-state index contributed by atoms with van der Waals surface area (Å²) in [4.78, 5) is 25.0. The summed E-state index contributed by atoms with van der Waals surface area (Å²) >= 11 is 6.30. The molecule has 7 heteroatoms. The summed E-state index contributed by atoms with van der Waals surface area (Å²) in [6.07, 6.45) is 2.73. The lowest BCUT2D eigenvalue weighted by atomic mass is 10.1. The van der Waals surface area contributed by atoms with Gasteiger partial charge in [0, 0.05) is 17.1 Å². The Morgan fingerprint density at radius 2 is 2.00 bits per heavy atom. The van der Waals surface area contributed by atoms with Crippen molar-refractivity contribution in [3.8, 4) is 5.69 Å². The highest BCUT2D eigenvalue weighted by Gasteiger charge is 2.33. The van der Waals surface area contributed by atoms with Crippen molar-refractivity contribution >= 4 is 46.3 Å². The number of hydrogen-bond donors (Lipinski definition) is 1.